The lowest BCUT2D eigenvalue weighted by molar-refractivity contribution is 0.173. The van der Waals surface area contributed by atoms with Gasteiger partial charge in [0, 0.05) is 6.04 Å². The van der Waals surface area contributed by atoms with Crippen molar-refractivity contribution in [3.8, 4) is 6.07 Å². The van der Waals surface area contributed by atoms with Crippen molar-refractivity contribution >= 4 is 22.7 Å². The third-order valence-electron chi connectivity index (χ3n) is 5.04. The minimum Gasteiger partial charge on any atom is -0.284 e. The number of para-hydroxylation sites is 1. The van der Waals surface area contributed by atoms with Gasteiger partial charge >= 0.3 is 0 Å². The summed E-state index contributed by atoms with van der Waals surface area (Å²) in [6.45, 7) is 4.49. The summed E-state index contributed by atoms with van der Waals surface area (Å²) < 4.78 is 1.87. The average molecular weight is 327 g/mol. The van der Waals surface area contributed by atoms with Crippen molar-refractivity contribution in [3.63, 3.8) is 0 Å². The van der Waals surface area contributed by atoms with Crippen molar-refractivity contribution in [1.82, 2.24) is 9.55 Å². The van der Waals surface area contributed by atoms with Crippen molar-refractivity contribution in [2.45, 2.75) is 44.3 Å². The third kappa shape index (κ3) is 3.00. The maximum Gasteiger partial charge on any atom is 0.262 e. The van der Waals surface area contributed by atoms with Crippen LogP contribution in [0.3, 0.4) is 0 Å². The highest BCUT2D eigenvalue weighted by Crippen LogP contribution is 2.38. The fourth-order valence-corrected chi connectivity index (χ4v) is 4.25. The predicted molar refractivity (Wildman–Crippen MR) is 93.6 cm³/mol. The zero-order valence-electron chi connectivity index (χ0n) is 13.5. The molecule has 1 heterocycles. The quantitative estimate of drug-likeness (QED) is 0.631. The number of fused-ring (bicyclic) bond motifs is 1. The van der Waals surface area contributed by atoms with Crippen LogP contribution in [-0.2, 0) is 0 Å². The maximum absolute atomic E-state index is 13.1. The minimum atomic E-state index is 0.0296. The molecule has 5 heteroatoms. The SMILES string of the molecule is C[C@@H]1[C@H](C)CCC[C@H]1n1c(SCC#N)nc2ccccc2c1=O. The number of thioether (sulfide) groups is 1. The highest BCUT2D eigenvalue weighted by molar-refractivity contribution is 7.99. The molecule has 120 valence electrons. The van der Waals surface area contributed by atoms with Crippen molar-refractivity contribution in [1.29, 1.82) is 5.26 Å². The number of hydrogen-bond acceptors (Lipinski definition) is 4. The minimum absolute atomic E-state index is 0.0296. The Kier molecular flexibility index (Phi) is 4.72. The van der Waals surface area contributed by atoms with Crippen molar-refractivity contribution in [3.05, 3.63) is 34.6 Å². The van der Waals surface area contributed by atoms with E-state index in [9.17, 15) is 4.79 Å². The Bertz CT molecular complexity index is 808. The molecule has 0 radical (unpaired) electrons. The topological polar surface area (TPSA) is 58.7 Å². The van der Waals surface area contributed by atoms with Gasteiger partial charge in [0.25, 0.3) is 5.56 Å². The van der Waals surface area contributed by atoms with Gasteiger partial charge in [0.2, 0.25) is 0 Å². The summed E-state index contributed by atoms with van der Waals surface area (Å²) in [4.78, 5) is 17.8. The summed E-state index contributed by atoms with van der Waals surface area (Å²) in [5.41, 5.74) is 0.743. The Labute approximate surface area is 140 Å². The lowest BCUT2D eigenvalue weighted by Gasteiger charge is -2.36. The molecule has 0 aliphatic heterocycles. The van der Waals surface area contributed by atoms with E-state index in [0.717, 1.165) is 12.8 Å². The summed E-state index contributed by atoms with van der Waals surface area (Å²) in [6.07, 6.45) is 3.36. The largest absolute Gasteiger partial charge is 0.284 e. The Morgan fingerprint density at radius 2 is 2.13 bits per heavy atom. The molecule has 23 heavy (non-hydrogen) atoms. The molecule has 0 saturated heterocycles. The van der Waals surface area contributed by atoms with E-state index < -0.39 is 0 Å². The molecule has 1 aromatic carbocycles. The second-order valence-electron chi connectivity index (χ2n) is 6.37. The number of rotatable bonds is 3. The normalized spacial score (nSPS) is 24.5. The molecule has 2 aromatic rings. The van der Waals surface area contributed by atoms with Crippen molar-refractivity contribution in [2.75, 3.05) is 5.75 Å². The number of benzene rings is 1. The van der Waals surface area contributed by atoms with Crippen molar-refractivity contribution in [2.24, 2.45) is 11.8 Å². The van der Waals surface area contributed by atoms with E-state index in [1.54, 1.807) is 0 Å². The van der Waals surface area contributed by atoms with E-state index in [1.807, 2.05) is 28.8 Å². The standard InChI is InChI=1S/C18H21N3OS/c1-12-6-5-9-16(13(12)2)21-17(22)14-7-3-4-8-15(14)20-18(21)23-11-10-19/h3-4,7-8,12-13,16H,5-6,9,11H2,1-2H3/t12-,13-,16-/m1/s1. The summed E-state index contributed by atoms with van der Waals surface area (Å²) in [5, 5.41) is 10.3. The Balaban J connectivity index is 2.18. The van der Waals surface area contributed by atoms with Gasteiger partial charge in [-0.05, 0) is 30.4 Å². The molecule has 3 atom stereocenters. The van der Waals surface area contributed by atoms with Crippen LogP contribution in [0.1, 0.15) is 39.2 Å². The number of nitriles is 1. The summed E-state index contributed by atoms with van der Waals surface area (Å²) in [5.74, 6) is 1.34. The van der Waals surface area contributed by atoms with Gasteiger partial charge in [-0.25, -0.2) is 4.98 Å². The number of aromatic nitrogens is 2. The van der Waals surface area contributed by atoms with Gasteiger partial charge in [0.05, 0.1) is 22.7 Å². The lowest BCUT2D eigenvalue weighted by Crippen LogP contribution is -2.35. The fourth-order valence-electron chi connectivity index (χ4n) is 3.53. The first kappa shape index (κ1) is 16.1. The van der Waals surface area contributed by atoms with Crippen LogP contribution in [-0.4, -0.2) is 15.3 Å². The smallest absolute Gasteiger partial charge is 0.262 e. The van der Waals surface area contributed by atoms with E-state index in [4.69, 9.17) is 5.26 Å². The highest BCUT2D eigenvalue weighted by atomic mass is 32.2. The van der Waals surface area contributed by atoms with Gasteiger partial charge in [-0.15, -0.1) is 0 Å². The molecule has 1 fully saturated rings. The Hall–Kier alpha value is -1.80. The zero-order valence-corrected chi connectivity index (χ0v) is 14.3. The van der Waals surface area contributed by atoms with Crippen LogP contribution in [0.4, 0.5) is 0 Å². The highest BCUT2D eigenvalue weighted by Gasteiger charge is 2.31. The van der Waals surface area contributed by atoms with E-state index in [1.165, 1.54) is 18.2 Å². The molecular formula is C18H21N3OS. The number of nitrogens with zero attached hydrogens (tertiary/aromatic N) is 3. The van der Waals surface area contributed by atoms with Gasteiger partial charge in [0.15, 0.2) is 5.16 Å². The fraction of sp³-hybridized carbons (Fsp3) is 0.500. The molecule has 0 bridgehead atoms. The molecule has 3 rings (SSSR count). The van der Waals surface area contributed by atoms with Gasteiger partial charge in [-0.1, -0.05) is 50.6 Å². The Morgan fingerprint density at radius 3 is 2.91 bits per heavy atom. The molecule has 0 amide bonds. The van der Waals surface area contributed by atoms with Crippen LogP contribution in [0.5, 0.6) is 0 Å². The van der Waals surface area contributed by atoms with Crippen LogP contribution in [0.15, 0.2) is 34.2 Å². The van der Waals surface area contributed by atoms with E-state index >= 15 is 0 Å². The van der Waals surface area contributed by atoms with E-state index in [-0.39, 0.29) is 11.6 Å². The molecular weight excluding hydrogens is 306 g/mol. The van der Waals surface area contributed by atoms with Crippen LogP contribution in [0.25, 0.3) is 10.9 Å². The van der Waals surface area contributed by atoms with Crippen LogP contribution < -0.4 is 5.56 Å². The first-order chi connectivity index (χ1) is 11.1. The van der Waals surface area contributed by atoms with Gasteiger partial charge < -0.3 is 0 Å². The number of hydrogen-bond donors (Lipinski definition) is 0. The Morgan fingerprint density at radius 1 is 1.35 bits per heavy atom. The summed E-state index contributed by atoms with van der Waals surface area (Å²) in [6, 6.07) is 9.79. The molecule has 0 spiro atoms. The lowest BCUT2D eigenvalue weighted by atomic mass is 9.78. The predicted octanol–water partition coefficient (Wildman–Crippen LogP) is 4.01. The molecule has 4 nitrogen and oxygen atoms in total. The van der Waals surface area contributed by atoms with Crippen LogP contribution in [0, 0.1) is 23.2 Å². The zero-order chi connectivity index (χ0) is 16.4. The summed E-state index contributed by atoms with van der Waals surface area (Å²) in [7, 11) is 0. The van der Waals surface area contributed by atoms with Crippen LogP contribution in [0.2, 0.25) is 0 Å². The molecule has 1 aliphatic rings. The second kappa shape index (κ2) is 6.76. The maximum atomic E-state index is 13.1. The molecule has 0 unspecified atom stereocenters. The first-order valence-electron chi connectivity index (χ1n) is 8.14. The van der Waals surface area contributed by atoms with E-state index in [0.29, 0.717) is 33.6 Å². The third-order valence-corrected chi connectivity index (χ3v) is 5.86. The first-order valence-corrected chi connectivity index (χ1v) is 9.13. The molecule has 1 aromatic heterocycles. The molecule has 1 aliphatic carbocycles. The molecule has 1 saturated carbocycles. The van der Waals surface area contributed by atoms with Gasteiger partial charge in [0.1, 0.15) is 0 Å². The monoisotopic (exact) mass is 327 g/mol. The average Bonchev–Trinajstić information content (AvgIpc) is 2.56. The van der Waals surface area contributed by atoms with Gasteiger partial charge in [-0.2, -0.15) is 5.26 Å². The summed E-state index contributed by atoms with van der Waals surface area (Å²) >= 11 is 1.36. The van der Waals surface area contributed by atoms with Gasteiger partial charge in [-0.3, -0.25) is 9.36 Å². The van der Waals surface area contributed by atoms with Crippen LogP contribution >= 0.6 is 11.8 Å². The second-order valence-corrected chi connectivity index (χ2v) is 7.31. The van der Waals surface area contributed by atoms with Crippen molar-refractivity contribution < 1.29 is 0 Å². The molecule has 0 N–H and O–H groups in total. The van der Waals surface area contributed by atoms with E-state index in [2.05, 4.69) is 24.9 Å².